The second kappa shape index (κ2) is 8.54. The van der Waals surface area contributed by atoms with Crippen LogP contribution in [-0.2, 0) is 0 Å². The van der Waals surface area contributed by atoms with Gasteiger partial charge in [-0.1, -0.05) is 0 Å². The van der Waals surface area contributed by atoms with E-state index >= 15 is 0 Å². The third kappa shape index (κ3) is 5.20. The van der Waals surface area contributed by atoms with Gasteiger partial charge in [-0.25, -0.2) is 0 Å². The molecule has 0 aromatic heterocycles. The summed E-state index contributed by atoms with van der Waals surface area (Å²) in [6, 6.07) is 0. The molecule has 0 radical (unpaired) electrons. The SMILES string of the molecule is Br.CNC[C@H](O)[C@@H](O)[C@@H](O)[C@H](O)CO. The average Bonchev–Trinajstić information content (AvgIpc) is 2.14. The van der Waals surface area contributed by atoms with Crippen LogP contribution in [0.25, 0.3) is 0 Å². The number of hydrogen-bond acceptors (Lipinski definition) is 6. The summed E-state index contributed by atoms with van der Waals surface area (Å²) in [5.41, 5.74) is 0. The fourth-order valence-electron chi connectivity index (χ4n) is 0.893. The molecule has 6 N–H and O–H groups in total. The third-order valence-corrected chi connectivity index (χ3v) is 1.74. The van der Waals surface area contributed by atoms with E-state index in [1.165, 1.54) is 0 Å². The van der Waals surface area contributed by atoms with Gasteiger partial charge in [0.25, 0.3) is 0 Å². The highest BCUT2D eigenvalue weighted by Gasteiger charge is 2.29. The van der Waals surface area contributed by atoms with Crippen LogP contribution in [0.4, 0.5) is 0 Å². The van der Waals surface area contributed by atoms with E-state index in [1.54, 1.807) is 7.05 Å². The summed E-state index contributed by atoms with van der Waals surface area (Å²) in [6.07, 6.45) is -5.65. The lowest BCUT2D eigenvalue weighted by atomic mass is 10.0. The van der Waals surface area contributed by atoms with Gasteiger partial charge in [0.15, 0.2) is 0 Å². The summed E-state index contributed by atoms with van der Waals surface area (Å²) in [5.74, 6) is 0. The fourth-order valence-corrected chi connectivity index (χ4v) is 0.893. The van der Waals surface area contributed by atoms with Crippen LogP contribution in [0, 0.1) is 0 Å². The van der Waals surface area contributed by atoms with E-state index in [0.29, 0.717) is 0 Å². The Kier molecular flexibility index (Phi) is 10.2. The molecule has 0 bridgehead atoms. The third-order valence-electron chi connectivity index (χ3n) is 1.74. The lowest BCUT2D eigenvalue weighted by molar-refractivity contribution is -0.113. The number of hydrogen-bond donors (Lipinski definition) is 6. The molecular weight excluding hydrogens is 258 g/mol. The zero-order valence-electron chi connectivity index (χ0n) is 7.87. The number of halogens is 1. The minimum Gasteiger partial charge on any atom is -0.394 e. The molecule has 0 rings (SSSR count). The van der Waals surface area contributed by atoms with Gasteiger partial charge in [0.2, 0.25) is 0 Å². The molecular formula is C7H18BrNO5. The van der Waals surface area contributed by atoms with Gasteiger partial charge < -0.3 is 30.8 Å². The van der Waals surface area contributed by atoms with Crippen LogP contribution in [0.3, 0.4) is 0 Å². The van der Waals surface area contributed by atoms with Crippen molar-refractivity contribution >= 4 is 17.0 Å². The van der Waals surface area contributed by atoms with E-state index in [2.05, 4.69) is 5.32 Å². The van der Waals surface area contributed by atoms with Crippen LogP contribution in [0.2, 0.25) is 0 Å². The molecule has 0 aromatic rings. The number of aliphatic hydroxyl groups is 5. The van der Waals surface area contributed by atoms with Crippen molar-refractivity contribution in [3.63, 3.8) is 0 Å². The maximum absolute atomic E-state index is 9.21. The summed E-state index contributed by atoms with van der Waals surface area (Å²) < 4.78 is 0. The summed E-state index contributed by atoms with van der Waals surface area (Å²) in [4.78, 5) is 0. The second-order valence-corrected chi connectivity index (χ2v) is 2.86. The van der Waals surface area contributed by atoms with Gasteiger partial charge in [-0.15, -0.1) is 17.0 Å². The van der Waals surface area contributed by atoms with Crippen LogP contribution in [0.15, 0.2) is 0 Å². The Bertz CT molecular complexity index is 139. The molecule has 0 fully saturated rings. The summed E-state index contributed by atoms with van der Waals surface area (Å²) in [5, 5.41) is 47.5. The first-order valence-corrected chi connectivity index (χ1v) is 4.02. The molecule has 0 aliphatic carbocycles. The molecule has 0 saturated carbocycles. The smallest absolute Gasteiger partial charge is 0.111 e. The molecule has 6 nitrogen and oxygen atoms in total. The summed E-state index contributed by atoms with van der Waals surface area (Å²) in [6.45, 7) is -0.569. The van der Waals surface area contributed by atoms with E-state index in [4.69, 9.17) is 20.4 Å². The molecule has 0 aliphatic rings. The zero-order chi connectivity index (χ0) is 10.4. The van der Waals surface area contributed by atoms with Crippen molar-refractivity contribution in [1.82, 2.24) is 5.32 Å². The van der Waals surface area contributed by atoms with Gasteiger partial charge in [-0.05, 0) is 7.05 Å². The van der Waals surface area contributed by atoms with Gasteiger partial charge in [-0.3, -0.25) is 0 Å². The predicted octanol–water partition coefficient (Wildman–Crippen LogP) is -2.78. The van der Waals surface area contributed by atoms with Gasteiger partial charge in [0.1, 0.15) is 18.3 Å². The average molecular weight is 276 g/mol. The first-order valence-electron chi connectivity index (χ1n) is 4.02. The van der Waals surface area contributed by atoms with Crippen molar-refractivity contribution in [1.29, 1.82) is 0 Å². The van der Waals surface area contributed by atoms with Crippen molar-refractivity contribution in [2.45, 2.75) is 24.4 Å². The van der Waals surface area contributed by atoms with Crippen LogP contribution >= 0.6 is 17.0 Å². The largest absolute Gasteiger partial charge is 0.394 e. The number of aliphatic hydroxyl groups excluding tert-OH is 5. The van der Waals surface area contributed by atoms with E-state index in [9.17, 15) is 5.11 Å². The standard InChI is InChI=1S/C7H17NO5.BrH/c1-8-2-4(10)6(12)7(13)5(11)3-9;/h4-13H,2-3H2,1H3;1H/t4-,5+,6+,7-;/m0./s1. The Morgan fingerprint density at radius 1 is 1.00 bits per heavy atom. The molecule has 7 heteroatoms. The molecule has 0 amide bonds. The first-order chi connectivity index (χ1) is 6.04. The van der Waals surface area contributed by atoms with Crippen molar-refractivity contribution < 1.29 is 25.5 Å². The van der Waals surface area contributed by atoms with E-state index in [-0.39, 0.29) is 23.5 Å². The Hall–Kier alpha value is 0.240. The Balaban J connectivity index is 0. The van der Waals surface area contributed by atoms with Crippen molar-refractivity contribution in [2.24, 2.45) is 0 Å². The minimum absolute atomic E-state index is 0. The second-order valence-electron chi connectivity index (χ2n) is 2.86. The molecule has 0 heterocycles. The number of likely N-dealkylation sites (N-methyl/N-ethyl adjacent to an activating group) is 1. The van der Waals surface area contributed by atoms with Gasteiger partial charge in [-0.2, -0.15) is 0 Å². The van der Waals surface area contributed by atoms with E-state index in [1.807, 2.05) is 0 Å². The Morgan fingerprint density at radius 3 is 1.79 bits per heavy atom. The van der Waals surface area contributed by atoms with Crippen LogP contribution in [-0.4, -0.2) is 70.1 Å². The quantitative estimate of drug-likeness (QED) is 0.313. The normalized spacial score (nSPS) is 19.3. The van der Waals surface area contributed by atoms with Crippen LogP contribution in [0.5, 0.6) is 0 Å². The maximum Gasteiger partial charge on any atom is 0.111 e. The molecule has 4 atom stereocenters. The number of rotatable bonds is 6. The highest BCUT2D eigenvalue weighted by atomic mass is 79.9. The topological polar surface area (TPSA) is 113 Å². The lowest BCUT2D eigenvalue weighted by Crippen LogP contribution is -2.48. The predicted molar refractivity (Wildman–Crippen MR) is 55.4 cm³/mol. The van der Waals surface area contributed by atoms with Crippen molar-refractivity contribution in [3.05, 3.63) is 0 Å². The van der Waals surface area contributed by atoms with E-state index in [0.717, 1.165) is 0 Å². The monoisotopic (exact) mass is 275 g/mol. The maximum atomic E-state index is 9.21. The highest BCUT2D eigenvalue weighted by molar-refractivity contribution is 8.93. The molecule has 0 spiro atoms. The van der Waals surface area contributed by atoms with Gasteiger partial charge in [0.05, 0.1) is 12.7 Å². The van der Waals surface area contributed by atoms with Crippen molar-refractivity contribution in [2.75, 3.05) is 20.2 Å². The fraction of sp³-hybridized carbons (Fsp3) is 1.00. The zero-order valence-corrected chi connectivity index (χ0v) is 9.58. The minimum atomic E-state index is -1.55. The summed E-state index contributed by atoms with van der Waals surface area (Å²) in [7, 11) is 1.57. The van der Waals surface area contributed by atoms with Gasteiger partial charge in [0, 0.05) is 6.54 Å². The van der Waals surface area contributed by atoms with Crippen molar-refractivity contribution in [3.8, 4) is 0 Å². The Morgan fingerprint density at radius 2 is 1.43 bits per heavy atom. The molecule has 0 aromatic carbocycles. The van der Waals surface area contributed by atoms with Gasteiger partial charge >= 0.3 is 0 Å². The highest BCUT2D eigenvalue weighted by Crippen LogP contribution is 2.04. The van der Waals surface area contributed by atoms with Crippen LogP contribution in [0.1, 0.15) is 0 Å². The molecule has 0 aliphatic heterocycles. The number of nitrogens with one attached hydrogen (secondary N) is 1. The lowest BCUT2D eigenvalue weighted by Gasteiger charge is -2.25. The first kappa shape index (κ1) is 16.7. The Labute approximate surface area is 93.0 Å². The van der Waals surface area contributed by atoms with Crippen LogP contribution < -0.4 is 5.32 Å². The molecule has 14 heavy (non-hydrogen) atoms. The molecule has 0 saturated heterocycles. The van der Waals surface area contributed by atoms with E-state index < -0.39 is 31.0 Å². The molecule has 0 unspecified atom stereocenters. The summed E-state index contributed by atoms with van der Waals surface area (Å²) >= 11 is 0. The molecule has 88 valence electrons.